The van der Waals surface area contributed by atoms with Crippen LogP contribution in [0.3, 0.4) is 0 Å². The lowest BCUT2D eigenvalue weighted by Gasteiger charge is -1.96. The van der Waals surface area contributed by atoms with Crippen LogP contribution in [0.2, 0.25) is 0 Å². The molecule has 0 radical (unpaired) electrons. The van der Waals surface area contributed by atoms with Crippen molar-refractivity contribution in [2.24, 2.45) is 0 Å². The molecule has 0 saturated heterocycles. The number of fused-ring (bicyclic) bond motifs is 1. The van der Waals surface area contributed by atoms with Crippen LogP contribution in [0.15, 0.2) is 22.7 Å². The number of hydrogen-bond donors (Lipinski definition) is 1. The molecule has 0 aliphatic heterocycles. The average Bonchev–Trinajstić information content (AvgIpc) is 3.01. The van der Waals surface area contributed by atoms with Crippen molar-refractivity contribution in [1.82, 2.24) is 10.1 Å². The van der Waals surface area contributed by atoms with Crippen LogP contribution in [0, 0.1) is 20.8 Å². The van der Waals surface area contributed by atoms with Crippen molar-refractivity contribution in [3.63, 3.8) is 0 Å². The first-order valence-corrected chi connectivity index (χ1v) is 6.97. The quantitative estimate of drug-likeness (QED) is 0.783. The molecule has 20 heavy (non-hydrogen) atoms. The minimum Gasteiger partial charge on any atom is -0.361 e. The predicted molar refractivity (Wildman–Crippen MR) is 78.3 cm³/mol. The SMILES string of the molecule is Cc1cc(C(=O)Nc2nc3c(C)ccc(C)c3s2)no1. The van der Waals surface area contributed by atoms with Crippen molar-refractivity contribution in [3.8, 4) is 0 Å². The smallest absolute Gasteiger partial charge is 0.279 e. The van der Waals surface area contributed by atoms with Crippen LogP contribution in [0.4, 0.5) is 5.13 Å². The van der Waals surface area contributed by atoms with Crippen molar-refractivity contribution < 1.29 is 9.32 Å². The van der Waals surface area contributed by atoms with Gasteiger partial charge in [-0.25, -0.2) is 4.98 Å². The van der Waals surface area contributed by atoms with Gasteiger partial charge in [0.1, 0.15) is 5.76 Å². The number of anilines is 1. The number of aromatic nitrogens is 2. The minimum absolute atomic E-state index is 0.259. The Bertz CT molecular complexity index is 765. The Labute approximate surface area is 119 Å². The van der Waals surface area contributed by atoms with E-state index in [-0.39, 0.29) is 11.6 Å². The highest BCUT2D eigenvalue weighted by atomic mass is 32.1. The molecule has 0 unspecified atom stereocenters. The summed E-state index contributed by atoms with van der Waals surface area (Å²) < 4.78 is 5.99. The molecule has 0 spiro atoms. The summed E-state index contributed by atoms with van der Waals surface area (Å²) in [7, 11) is 0. The van der Waals surface area contributed by atoms with Gasteiger partial charge in [-0.05, 0) is 31.9 Å². The van der Waals surface area contributed by atoms with Crippen molar-refractivity contribution in [1.29, 1.82) is 0 Å². The Hall–Kier alpha value is -2.21. The molecule has 102 valence electrons. The Morgan fingerprint density at radius 3 is 2.65 bits per heavy atom. The van der Waals surface area contributed by atoms with Gasteiger partial charge in [0.15, 0.2) is 10.8 Å². The van der Waals surface area contributed by atoms with Crippen LogP contribution in [0.5, 0.6) is 0 Å². The van der Waals surface area contributed by atoms with Crippen molar-refractivity contribution >= 4 is 32.6 Å². The minimum atomic E-state index is -0.309. The standard InChI is InChI=1S/C14H13N3O2S/c1-7-4-5-8(2)12-11(7)15-14(20-12)16-13(18)10-6-9(3)19-17-10/h4-6H,1-3H3,(H,15,16,18). The highest BCUT2D eigenvalue weighted by molar-refractivity contribution is 7.22. The molecule has 0 bridgehead atoms. The third kappa shape index (κ3) is 2.18. The molecule has 0 atom stereocenters. The van der Waals surface area contributed by atoms with Crippen molar-refractivity contribution in [2.75, 3.05) is 5.32 Å². The van der Waals surface area contributed by atoms with Crippen LogP contribution < -0.4 is 5.32 Å². The van der Waals surface area contributed by atoms with E-state index in [1.807, 2.05) is 19.9 Å². The average molecular weight is 287 g/mol. The second-order valence-corrected chi connectivity index (χ2v) is 5.67. The Morgan fingerprint density at radius 2 is 2.00 bits per heavy atom. The summed E-state index contributed by atoms with van der Waals surface area (Å²) in [4.78, 5) is 16.5. The molecule has 3 aromatic rings. The second kappa shape index (κ2) is 4.72. The number of rotatable bonds is 2. The third-order valence-electron chi connectivity index (χ3n) is 3.02. The fourth-order valence-corrected chi connectivity index (χ4v) is 2.95. The number of aryl methyl sites for hydroxylation is 3. The first-order valence-electron chi connectivity index (χ1n) is 6.16. The van der Waals surface area contributed by atoms with E-state index in [1.165, 1.54) is 11.3 Å². The number of hydrogen-bond acceptors (Lipinski definition) is 5. The molecule has 2 aromatic heterocycles. The lowest BCUT2D eigenvalue weighted by molar-refractivity contribution is 0.101. The molecule has 1 amide bonds. The highest BCUT2D eigenvalue weighted by Gasteiger charge is 2.14. The van der Waals surface area contributed by atoms with E-state index in [2.05, 4.69) is 21.5 Å². The second-order valence-electron chi connectivity index (χ2n) is 4.67. The zero-order valence-electron chi connectivity index (χ0n) is 11.4. The molecular formula is C14H13N3O2S. The summed E-state index contributed by atoms with van der Waals surface area (Å²) in [6, 6.07) is 5.69. The maximum atomic E-state index is 12.0. The molecule has 0 aliphatic rings. The molecule has 2 heterocycles. The monoisotopic (exact) mass is 287 g/mol. The first-order chi connectivity index (χ1) is 9.54. The number of amides is 1. The van der Waals surface area contributed by atoms with E-state index < -0.39 is 0 Å². The van der Waals surface area contributed by atoms with Crippen LogP contribution in [0.1, 0.15) is 27.4 Å². The van der Waals surface area contributed by atoms with Gasteiger partial charge in [-0.1, -0.05) is 28.6 Å². The lowest BCUT2D eigenvalue weighted by Crippen LogP contribution is -2.11. The summed E-state index contributed by atoms with van der Waals surface area (Å²) in [6.45, 7) is 5.79. The summed E-state index contributed by atoms with van der Waals surface area (Å²) in [5.41, 5.74) is 3.44. The number of carbonyl (C=O) groups is 1. The zero-order valence-corrected chi connectivity index (χ0v) is 12.2. The number of carbonyl (C=O) groups excluding carboxylic acids is 1. The van der Waals surface area contributed by atoms with E-state index in [4.69, 9.17) is 4.52 Å². The lowest BCUT2D eigenvalue weighted by atomic mass is 10.1. The third-order valence-corrected chi connectivity index (χ3v) is 4.13. The van der Waals surface area contributed by atoms with Gasteiger partial charge in [-0.2, -0.15) is 0 Å². The van der Waals surface area contributed by atoms with Gasteiger partial charge in [0.2, 0.25) is 0 Å². The molecule has 0 aliphatic carbocycles. The van der Waals surface area contributed by atoms with Gasteiger partial charge < -0.3 is 4.52 Å². The largest absolute Gasteiger partial charge is 0.361 e. The normalized spacial score (nSPS) is 10.9. The zero-order chi connectivity index (χ0) is 14.3. The Balaban J connectivity index is 1.93. The molecule has 0 saturated carbocycles. The topological polar surface area (TPSA) is 68.0 Å². The number of thiazole rings is 1. The predicted octanol–water partition coefficient (Wildman–Crippen LogP) is 3.46. The van der Waals surface area contributed by atoms with E-state index in [9.17, 15) is 4.79 Å². The van der Waals surface area contributed by atoms with Gasteiger partial charge in [-0.3, -0.25) is 10.1 Å². The van der Waals surface area contributed by atoms with E-state index in [1.54, 1.807) is 13.0 Å². The Kier molecular flexibility index (Phi) is 3.02. The van der Waals surface area contributed by atoms with Crippen molar-refractivity contribution in [3.05, 3.63) is 40.8 Å². The van der Waals surface area contributed by atoms with Gasteiger partial charge in [0, 0.05) is 6.07 Å². The van der Waals surface area contributed by atoms with Gasteiger partial charge in [0.25, 0.3) is 5.91 Å². The fraction of sp³-hybridized carbons (Fsp3) is 0.214. The molecule has 3 rings (SSSR count). The summed E-state index contributed by atoms with van der Waals surface area (Å²) in [5, 5.41) is 7.02. The molecule has 6 heteroatoms. The van der Waals surface area contributed by atoms with Crippen molar-refractivity contribution in [2.45, 2.75) is 20.8 Å². The molecule has 0 fully saturated rings. The Morgan fingerprint density at radius 1 is 1.25 bits per heavy atom. The van der Waals surface area contributed by atoms with E-state index in [0.29, 0.717) is 10.9 Å². The van der Waals surface area contributed by atoms with Crippen LogP contribution >= 0.6 is 11.3 Å². The van der Waals surface area contributed by atoms with Gasteiger partial charge >= 0.3 is 0 Å². The fourth-order valence-electron chi connectivity index (χ4n) is 1.95. The maximum Gasteiger partial charge on any atom is 0.279 e. The van der Waals surface area contributed by atoms with E-state index >= 15 is 0 Å². The number of benzene rings is 1. The van der Waals surface area contributed by atoms with Crippen LogP contribution in [-0.4, -0.2) is 16.0 Å². The molecular weight excluding hydrogens is 274 g/mol. The first kappa shape index (κ1) is 12.8. The van der Waals surface area contributed by atoms with Gasteiger partial charge in [0.05, 0.1) is 10.2 Å². The number of nitrogens with zero attached hydrogens (tertiary/aromatic N) is 2. The summed E-state index contributed by atoms with van der Waals surface area (Å²) >= 11 is 1.47. The highest BCUT2D eigenvalue weighted by Crippen LogP contribution is 2.31. The summed E-state index contributed by atoms with van der Waals surface area (Å²) in [6.07, 6.45) is 0. The van der Waals surface area contributed by atoms with Gasteiger partial charge in [-0.15, -0.1) is 0 Å². The van der Waals surface area contributed by atoms with E-state index in [0.717, 1.165) is 21.3 Å². The molecule has 1 N–H and O–H groups in total. The van der Waals surface area contributed by atoms with Crippen LogP contribution in [0.25, 0.3) is 10.2 Å². The number of nitrogens with one attached hydrogen (secondary N) is 1. The van der Waals surface area contributed by atoms with Crippen LogP contribution in [-0.2, 0) is 0 Å². The molecule has 5 nitrogen and oxygen atoms in total. The molecule has 1 aromatic carbocycles. The summed E-state index contributed by atoms with van der Waals surface area (Å²) in [5.74, 6) is 0.294. The maximum absolute atomic E-state index is 12.0.